The second kappa shape index (κ2) is 9.14. The first-order chi connectivity index (χ1) is 13.5. The molecule has 1 aliphatic rings. The van der Waals surface area contributed by atoms with E-state index in [-0.39, 0.29) is 17.6 Å². The Kier molecular flexibility index (Phi) is 6.61. The van der Waals surface area contributed by atoms with Crippen LogP contribution in [0.4, 0.5) is 4.39 Å². The predicted octanol–water partition coefficient (Wildman–Crippen LogP) is 2.15. The van der Waals surface area contributed by atoms with Gasteiger partial charge in [-0.15, -0.1) is 10.2 Å². The van der Waals surface area contributed by atoms with Crippen molar-refractivity contribution in [2.24, 2.45) is 5.92 Å². The highest BCUT2D eigenvalue weighted by molar-refractivity contribution is 5.78. The molecule has 7 nitrogen and oxygen atoms in total. The van der Waals surface area contributed by atoms with Crippen molar-refractivity contribution in [3.8, 4) is 5.75 Å². The summed E-state index contributed by atoms with van der Waals surface area (Å²) in [6.07, 6.45) is 1.54. The third-order valence-corrected chi connectivity index (χ3v) is 5.32. The number of amides is 1. The predicted molar refractivity (Wildman–Crippen MR) is 103 cm³/mol. The standard InChI is InChI=1S/C20H28FN5O2/c1-4-14(2)20(27)22-12-19-24-23-18-7-8-25(9-10-26(18)19)13-15-11-16(28-3)5-6-17(15)21/h5-6,11,14H,4,7-10,12-13H2,1-3H3,(H,22,27)/t14-/m0/s1. The molecule has 3 rings (SSSR count). The Morgan fingerprint density at radius 1 is 1.32 bits per heavy atom. The smallest absolute Gasteiger partial charge is 0.223 e. The van der Waals surface area contributed by atoms with Crippen LogP contribution in [-0.2, 0) is 30.8 Å². The molecule has 0 spiro atoms. The van der Waals surface area contributed by atoms with E-state index in [1.165, 1.54) is 6.07 Å². The lowest BCUT2D eigenvalue weighted by Gasteiger charge is -2.20. The van der Waals surface area contributed by atoms with Crippen molar-refractivity contribution in [3.63, 3.8) is 0 Å². The lowest BCUT2D eigenvalue weighted by molar-refractivity contribution is -0.124. The average molecular weight is 389 g/mol. The molecule has 0 saturated carbocycles. The molecule has 0 fully saturated rings. The summed E-state index contributed by atoms with van der Waals surface area (Å²) in [5.74, 6) is 2.12. The number of carbonyl (C=O) groups excluding carboxylic acids is 1. The van der Waals surface area contributed by atoms with Gasteiger partial charge in [0.25, 0.3) is 0 Å². The molecule has 0 unspecified atom stereocenters. The Hall–Kier alpha value is -2.48. The number of halogens is 1. The van der Waals surface area contributed by atoms with Gasteiger partial charge in [0, 0.05) is 44.1 Å². The van der Waals surface area contributed by atoms with Crippen molar-refractivity contribution in [1.29, 1.82) is 0 Å². The van der Waals surface area contributed by atoms with Crippen LogP contribution in [0.15, 0.2) is 18.2 Å². The number of aromatic nitrogens is 3. The summed E-state index contributed by atoms with van der Waals surface area (Å²) in [6, 6.07) is 4.82. The van der Waals surface area contributed by atoms with E-state index in [1.807, 2.05) is 13.8 Å². The second-order valence-electron chi connectivity index (χ2n) is 7.19. The molecular weight excluding hydrogens is 361 g/mol. The highest BCUT2D eigenvalue weighted by Crippen LogP contribution is 2.19. The Labute approximate surface area is 164 Å². The normalized spacial score (nSPS) is 15.6. The summed E-state index contributed by atoms with van der Waals surface area (Å²) in [6.45, 7) is 7.04. The van der Waals surface area contributed by atoms with Crippen LogP contribution in [0.25, 0.3) is 0 Å². The van der Waals surface area contributed by atoms with E-state index in [0.29, 0.717) is 30.9 Å². The van der Waals surface area contributed by atoms with Crippen LogP contribution in [-0.4, -0.2) is 45.8 Å². The summed E-state index contributed by atoms with van der Waals surface area (Å²) >= 11 is 0. The van der Waals surface area contributed by atoms with Crippen LogP contribution in [0.5, 0.6) is 5.75 Å². The highest BCUT2D eigenvalue weighted by atomic mass is 19.1. The van der Waals surface area contributed by atoms with Crippen LogP contribution in [0.3, 0.4) is 0 Å². The zero-order valence-corrected chi connectivity index (χ0v) is 16.7. The van der Waals surface area contributed by atoms with Gasteiger partial charge in [-0.3, -0.25) is 9.69 Å². The molecule has 2 heterocycles. The molecule has 0 aliphatic carbocycles. The lowest BCUT2D eigenvalue weighted by atomic mass is 10.1. The van der Waals surface area contributed by atoms with E-state index >= 15 is 0 Å². The van der Waals surface area contributed by atoms with Gasteiger partial charge in [-0.1, -0.05) is 13.8 Å². The van der Waals surface area contributed by atoms with E-state index < -0.39 is 0 Å². The van der Waals surface area contributed by atoms with E-state index in [4.69, 9.17) is 4.74 Å². The Balaban J connectivity index is 1.62. The first-order valence-corrected chi connectivity index (χ1v) is 9.75. The first-order valence-electron chi connectivity index (χ1n) is 9.75. The van der Waals surface area contributed by atoms with Gasteiger partial charge < -0.3 is 14.6 Å². The van der Waals surface area contributed by atoms with Gasteiger partial charge in [0.2, 0.25) is 5.91 Å². The van der Waals surface area contributed by atoms with E-state index in [9.17, 15) is 9.18 Å². The van der Waals surface area contributed by atoms with Crippen molar-refractivity contribution in [2.75, 3.05) is 20.2 Å². The zero-order valence-electron chi connectivity index (χ0n) is 16.7. The topological polar surface area (TPSA) is 72.3 Å². The van der Waals surface area contributed by atoms with Gasteiger partial charge in [-0.2, -0.15) is 0 Å². The van der Waals surface area contributed by atoms with Gasteiger partial charge in [0.15, 0.2) is 5.82 Å². The molecule has 152 valence electrons. The maximum atomic E-state index is 14.2. The fourth-order valence-electron chi connectivity index (χ4n) is 3.28. The number of nitrogens with zero attached hydrogens (tertiary/aromatic N) is 4. The maximum Gasteiger partial charge on any atom is 0.223 e. The quantitative estimate of drug-likeness (QED) is 0.786. The summed E-state index contributed by atoms with van der Waals surface area (Å²) in [7, 11) is 1.58. The monoisotopic (exact) mass is 389 g/mol. The van der Waals surface area contributed by atoms with Crippen molar-refractivity contribution in [3.05, 3.63) is 41.2 Å². The molecule has 1 amide bonds. The molecule has 0 radical (unpaired) electrons. The van der Waals surface area contributed by atoms with Gasteiger partial charge in [-0.25, -0.2) is 4.39 Å². The minimum Gasteiger partial charge on any atom is -0.497 e. The van der Waals surface area contributed by atoms with Crippen LogP contribution in [0.2, 0.25) is 0 Å². The Morgan fingerprint density at radius 2 is 2.14 bits per heavy atom. The van der Waals surface area contributed by atoms with E-state index in [1.54, 1.807) is 19.2 Å². The minimum atomic E-state index is -0.224. The van der Waals surface area contributed by atoms with Crippen molar-refractivity contribution in [1.82, 2.24) is 25.0 Å². The zero-order chi connectivity index (χ0) is 20.1. The largest absolute Gasteiger partial charge is 0.497 e. The number of hydrogen-bond donors (Lipinski definition) is 1. The molecule has 1 atom stereocenters. The molecule has 1 N–H and O–H groups in total. The number of carbonyl (C=O) groups is 1. The lowest BCUT2D eigenvalue weighted by Crippen LogP contribution is -2.30. The summed E-state index contributed by atoms with van der Waals surface area (Å²) in [5.41, 5.74) is 0.623. The first kappa shape index (κ1) is 20.3. The van der Waals surface area contributed by atoms with Gasteiger partial charge in [-0.05, 0) is 24.6 Å². The minimum absolute atomic E-state index is 0.0141. The fraction of sp³-hybridized carbons (Fsp3) is 0.550. The number of fused-ring (bicyclic) bond motifs is 1. The van der Waals surface area contributed by atoms with Crippen LogP contribution >= 0.6 is 0 Å². The molecule has 1 aromatic heterocycles. The number of nitrogens with one attached hydrogen (secondary N) is 1. The third kappa shape index (κ3) is 4.67. The number of methoxy groups -OCH3 is 1. The summed E-state index contributed by atoms with van der Waals surface area (Å²) in [5, 5.41) is 11.5. The molecule has 1 aliphatic heterocycles. The average Bonchev–Trinajstić information content (AvgIpc) is 2.99. The maximum absolute atomic E-state index is 14.2. The molecule has 0 bridgehead atoms. The van der Waals surface area contributed by atoms with Crippen molar-refractivity contribution in [2.45, 2.75) is 46.3 Å². The molecule has 0 saturated heterocycles. The molecule has 8 heteroatoms. The summed E-state index contributed by atoms with van der Waals surface area (Å²) < 4.78 is 21.4. The Bertz CT molecular complexity index is 823. The second-order valence-corrected chi connectivity index (χ2v) is 7.19. The molecule has 28 heavy (non-hydrogen) atoms. The summed E-state index contributed by atoms with van der Waals surface area (Å²) in [4.78, 5) is 14.2. The molecule has 1 aromatic carbocycles. The van der Waals surface area contributed by atoms with E-state index in [2.05, 4.69) is 25.0 Å². The van der Waals surface area contributed by atoms with Gasteiger partial charge in [0.1, 0.15) is 17.4 Å². The number of ether oxygens (including phenoxy) is 1. The number of hydrogen-bond acceptors (Lipinski definition) is 5. The van der Waals surface area contributed by atoms with Gasteiger partial charge in [0.05, 0.1) is 13.7 Å². The van der Waals surface area contributed by atoms with Crippen LogP contribution < -0.4 is 10.1 Å². The SMILES string of the molecule is CC[C@H](C)C(=O)NCc1nnc2n1CCN(Cc1cc(OC)ccc1F)CC2. The van der Waals surface area contributed by atoms with Crippen molar-refractivity contribution < 1.29 is 13.9 Å². The number of benzene rings is 1. The number of rotatable bonds is 7. The van der Waals surface area contributed by atoms with Crippen LogP contribution in [0, 0.1) is 11.7 Å². The van der Waals surface area contributed by atoms with Crippen LogP contribution in [0.1, 0.15) is 37.5 Å². The highest BCUT2D eigenvalue weighted by Gasteiger charge is 2.20. The van der Waals surface area contributed by atoms with Crippen molar-refractivity contribution >= 4 is 5.91 Å². The molecular formula is C20H28FN5O2. The Morgan fingerprint density at radius 3 is 2.89 bits per heavy atom. The third-order valence-electron chi connectivity index (χ3n) is 5.32. The fourth-order valence-corrected chi connectivity index (χ4v) is 3.28. The van der Waals surface area contributed by atoms with E-state index in [0.717, 1.165) is 37.6 Å². The van der Waals surface area contributed by atoms with Gasteiger partial charge >= 0.3 is 0 Å². The molecule has 2 aromatic rings.